The molecule has 1 aliphatic carbocycles. The van der Waals surface area contributed by atoms with Gasteiger partial charge < -0.3 is 10.1 Å². The van der Waals surface area contributed by atoms with E-state index in [0.29, 0.717) is 12.0 Å². The second kappa shape index (κ2) is 5.75. The minimum absolute atomic E-state index is 0.247. The number of rotatable bonds is 5. The van der Waals surface area contributed by atoms with Crippen LogP contribution in [0.25, 0.3) is 0 Å². The summed E-state index contributed by atoms with van der Waals surface area (Å²) in [7, 11) is 0. The van der Waals surface area contributed by atoms with Gasteiger partial charge in [-0.3, -0.25) is 0 Å². The molecule has 0 aliphatic heterocycles. The smallest absolute Gasteiger partial charge is 0.119 e. The third kappa shape index (κ3) is 2.86. The van der Waals surface area contributed by atoms with Crippen molar-refractivity contribution >= 4 is 0 Å². The second-order valence-electron chi connectivity index (χ2n) is 5.60. The van der Waals surface area contributed by atoms with Crippen molar-refractivity contribution in [3.05, 3.63) is 29.8 Å². The third-order valence-corrected chi connectivity index (χ3v) is 3.92. The molecule has 0 radical (unpaired) electrons. The van der Waals surface area contributed by atoms with E-state index in [-0.39, 0.29) is 6.10 Å². The molecule has 3 atom stereocenters. The molecule has 1 aromatic rings. The van der Waals surface area contributed by atoms with Gasteiger partial charge in [-0.1, -0.05) is 26.0 Å². The fourth-order valence-corrected chi connectivity index (χ4v) is 2.82. The Kier molecular flexibility index (Phi) is 4.28. The predicted octanol–water partition coefficient (Wildman–Crippen LogP) is 3.58. The SMILES string of the molecule is CCNC1CC(c2ccc(OC(C)C)cc2)C1C. The van der Waals surface area contributed by atoms with Gasteiger partial charge in [0.05, 0.1) is 6.10 Å². The summed E-state index contributed by atoms with van der Waals surface area (Å²) in [5, 5.41) is 3.54. The summed E-state index contributed by atoms with van der Waals surface area (Å²) in [6, 6.07) is 9.35. The maximum atomic E-state index is 5.67. The van der Waals surface area contributed by atoms with E-state index in [2.05, 4.69) is 57.3 Å². The van der Waals surface area contributed by atoms with Crippen LogP contribution in [0.3, 0.4) is 0 Å². The van der Waals surface area contributed by atoms with E-state index in [0.717, 1.165) is 18.2 Å². The van der Waals surface area contributed by atoms with Gasteiger partial charge in [0.15, 0.2) is 0 Å². The molecule has 1 aliphatic rings. The number of ether oxygens (including phenoxy) is 1. The number of benzene rings is 1. The summed E-state index contributed by atoms with van der Waals surface area (Å²) in [6.07, 6.45) is 1.51. The fraction of sp³-hybridized carbons (Fsp3) is 0.625. The van der Waals surface area contributed by atoms with Crippen LogP contribution in [0.4, 0.5) is 0 Å². The normalized spacial score (nSPS) is 27.1. The first-order chi connectivity index (χ1) is 8.61. The van der Waals surface area contributed by atoms with Crippen LogP contribution in [-0.4, -0.2) is 18.7 Å². The van der Waals surface area contributed by atoms with Gasteiger partial charge in [0.1, 0.15) is 5.75 Å². The lowest BCUT2D eigenvalue weighted by Gasteiger charge is -2.43. The molecule has 2 heteroatoms. The van der Waals surface area contributed by atoms with Gasteiger partial charge in [0.25, 0.3) is 0 Å². The summed E-state index contributed by atoms with van der Waals surface area (Å²) >= 11 is 0. The van der Waals surface area contributed by atoms with Crippen LogP contribution in [0.5, 0.6) is 5.75 Å². The molecule has 1 saturated carbocycles. The summed E-state index contributed by atoms with van der Waals surface area (Å²) in [5.41, 5.74) is 1.45. The topological polar surface area (TPSA) is 21.3 Å². The zero-order valence-electron chi connectivity index (χ0n) is 11.9. The Hall–Kier alpha value is -1.02. The molecule has 1 aromatic carbocycles. The van der Waals surface area contributed by atoms with Crippen molar-refractivity contribution in [1.82, 2.24) is 5.32 Å². The Balaban J connectivity index is 1.95. The molecule has 0 heterocycles. The van der Waals surface area contributed by atoms with Crippen LogP contribution >= 0.6 is 0 Å². The second-order valence-corrected chi connectivity index (χ2v) is 5.60. The molecule has 0 aromatic heterocycles. The molecule has 3 unspecified atom stereocenters. The van der Waals surface area contributed by atoms with Crippen molar-refractivity contribution in [2.24, 2.45) is 5.92 Å². The number of hydrogen-bond acceptors (Lipinski definition) is 2. The minimum atomic E-state index is 0.247. The van der Waals surface area contributed by atoms with Crippen LogP contribution in [0, 0.1) is 5.92 Å². The van der Waals surface area contributed by atoms with Gasteiger partial charge in [0, 0.05) is 6.04 Å². The lowest BCUT2D eigenvalue weighted by atomic mass is 9.67. The standard InChI is InChI=1S/C16H25NO/c1-5-17-16-10-15(12(16)4)13-6-8-14(9-7-13)18-11(2)3/h6-9,11-12,15-17H,5,10H2,1-4H3. The first-order valence-electron chi connectivity index (χ1n) is 7.11. The Morgan fingerprint density at radius 1 is 1.28 bits per heavy atom. The average molecular weight is 247 g/mol. The first kappa shape index (κ1) is 13.4. The molecule has 1 fully saturated rings. The van der Waals surface area contributed by atoms with E-state index in [9.17, 15) is 0 Å². The molecule has 100 valence electrons. The van der Waals surface area contributed by atoms with Gasteiger partial charge in [-0.05, 0) is 56.3 Å². The molecule has 0 saturated heterocycles. The molecule has 0 spiro atoms. The first-order valence-corrected chi connectivity index (χ1v) is 7.11. The Morgan fingerprint density at radius 2 is 1.94 bits per heavy atom. The average Bonchev–Trinajstić information content (AvgIpc) is 2.34. The Morgan fingerprint density at radius 3 is 2.44 bits per heavy atom. The van der Waals surface area contributed by atoms with Crippen molar-refractivity contribution in [2.45, 2.75) is 52.2 Å². The fourth-order valence-electron chi connectivity index (χ4n) is 2.82. The summed E-state index contributed by atoms with van der Waals surface area (Å²) in [5.74, 6) is 2.42. The van der Waals surface area contributed by atoms with Gasteiger partial charge in [-0.25, -0.2) is 0 Å². The lowest BCUT2D eigenvalue weighted by Crippen LogP contribution is -2.47. The highest BCUT2D eigenvalue weighted by molar-refractivity contribution is 5.31. The van der Waals surface area contributed by atoms with E-state index in [1.165, 1.54) is 12.0 Å². The largest absolute Gasteiger partial charge is 0.491 e. The molecule has 2 rings (SSSR count). The van der Waals surface area contributed by atoms with Crippen LogP contribution in [0.15, 0.2) is 24.3 Å². The Bertz CT molecular complexity index is 371. The molecule has 18 heavy (non-hydrogen) atoms. The van der Waals surface area contributed by atoms with Crippen molar-refractivity contribution in [3.63, 3.8) is 0 Å². The molecule has 1 N–H and O–H groups in total. The van der Waals surface area contributed by atoms with Crippen molar-refractivity contribution in [3.8, 4) is 5.75 Å². The van der Waals surface area contributed by atoms with Crippen molar-refractivity contribution in [1.29, 1.82) is 0 Å². The molecular formula is C16H25NO. The molecule has 0 amide bonds. The summed E-state index contributed by atoms with van der Waals surface area (Å²) < 4.78 is 5.67. The maximum Gasteiger partial charge on any atom is 0.119 e. The zero-order valence-corrected chi connectivity index (χ0v) is 11.9. The summed E-state index contributed by atoms with van der Waals surface area (Å²) in [6.45, 7) is 9.72. The molecular weight excluding hydrogens is 222 g/mol. The van der Waals surface area contributed by atoms with Crippen molar-refractivity contribution in [2.75, 3.05) is 6.54 Å². The van der Waals surface area contributed by atoms with Gasteiger partial charge in [0.2, 0.25) is 0 Å². The highest BCUT2D eigenvalue weighted by Crippen LogP contribution is 2.42. The third-order valence-electron chi connectivity index (χ3n) is 3.92. The van der Waals surface area contributed by atoms with Gasteiger partial charge in [-0.2, -0.15) is 0 Å². The van der Waals surface area contributed by atoms with E-state index >= 15 is 0 Å². The van der Waals surface area contributed by atoms with Gasteiger partial charge >= 0.3 is 0 Å². The summed E-state index contributed by atoms with van der Waals surface area (Å²) in [4.78, 5) is 0. The van der Waals surface area contributed by atoms with Crippen LogP contribution in [0.2, 0.25) is 0 Å². The lowest BCUT2D eigenvalue weighted by molar-refractivity contribution is 0.187. The van der Waals surface area contributed by atoms with Crippen LogP contribution < -0.4 is 10.1 Å². The minimum Gasteiger partial charge on any atom is -0.491 e. The van der Waals surface area contributed by atoms with E-state index in [4.69, 9.17) is 4.74 Å². The molecule has 0 bridgehead atoms. The van der Waals surface area contributed by atoms with Crippen LogP contribution in [0.1, 0.15) is 45.6 Å². The highest BCUT2D eigenvalue weighted by Gasteiger charge is 2.37. The predicted molar refractivity (Wildman–Crippen MR) is 76.2 cm³/mol. The highest BCUT2D eigenvalue weighted by atomic mass is 16.5. The van der Waals surface area contributed by atoms with E-state index < -0.39 is 0 Å². The van der Waals surface area contributed by atoms with Crippen molar-refractivity contribution < 1.29 is 4.74 Å². The number of hydrogen-bond donors (Lipinski definition) is 1. The quantitative estimate of drug-likeness (QED) is 0.858. The maximum absolute atomic E-state index is 5.67. The molecule has 2 nitrogen and oxygen atoms in total. The number of nitrogens with one attached hydrogen (secondary N) is 1. The van der Waals surface area contributed by atoms with E-state index in [1.807, 2.05) is 0 Å². The van der Waals surface area contributed by atoms with Crippen LogP contribution in [-0.2, 0) is 0 Å². The van der Waals surface area contributed by atoms with E-state index in [1.54, 1.807) is 0 Å². The Labute approximate surface area is 111 Å². The zero-order chi connectivity index (χ0) is 13.1. The monoisotopic (exact) mass is 247 g/mol. The van der Waals surface area contributed by atoms with Gasteiger partial charge in [-0.15, -0.1) is 0 Å².